The first kappa shape index (κ1) is 18.7. The Morgan fingerprint density at radius 3 is 2.75 bits per heavy atom. The van der Waals surface area contributed by atoms with Gasteiger partial charge in [-0.2, -0.15) is 0 Å². The van der Waals surface area contributed by atoms with Crippen molar-refractivity contribution in [2.24, 2.45) is 17.8 Å². The lowest BCUT2D eigenvalue weighted by Crippen LogP contribution is -2.36. The molecule has 0 heterocycles. The highest BCUT2D eigenvalue weighted by Crippen LogP contribution is 2.35. The smallest absolute Gasteiger partial charge is 0.310 e. The topological polar surface area (TPSA) is 69.4 Å². The highest BCUT2D eigenvalue weighted by atomic mass is 35.5. The zero-order valence-corrected chi connectivity index (χ0v) is 15.1. The Morgan fingerprint density at radius 1 is 1.42 bits per heavy atom. The predicted octanol–water partition coefficient (Wildman–Crippen LogP) is 4.79. The summed E-state index contributed by atoms with van der Waals surface area (Å²) in [6, 6.07) is 4.24. The zero-order chi connectivity index (χ0) is 17.9. The van der Waals surface area contributed by atoms with Gasteiger partial charge in [0, 0.05) is 16.7 Å². The normalized spacial score (nSPS) is 24.0. The van der Waals surface area contributed by atoms with Gasteiger partial charge < -0.3 is 4.74 Å². The Morgan fingerprint density at radius 2 is 2.12 bits per heavy atom. The molecule has 132 valence electrons. The molecule has 0 N–H and O–H groups in total. The lowest BCUT2D eigenvalue weighted by molar-refractivity contribution is -0.385. The fourth-order valence-electron chi connectivity index (χ4n) is 3.49. The van der Waals surface area contributed by atoms with Crippen LogP contribution in [-0.4, -0.2) is 17.0 Å². The summed E-state index contributed by atoms with van der Waals surface area (Å²) in [5, 5.41) is 11.5. The van der Waals surface area contributed by atoms with Gasteiger partial charge in [0.05, 0.1) is 11.3 Å². The maximum Gasteiger partial charge on any atom is 0.310 e. The third kappa shape index (κ3) is 4.69. The van der Waals surface area contributed by atoms with Gasteiger partial charge in [0.2, 0.25) is 0 Å². The van der Waals surface area contributed by atoms with Gasteiger partial charge in [-0.1, -0.05) is 38.8 Å². The minimum Gasteiger partial charge on any atom is -0.462 e. The van der Waals surface area contributed by atoms with E-state index in [-0.39, 0.29) is 18.2 Å². The van der Waals surface area contributed by atoms with Crippen LogP contribution in [0.3, 0.4) is 0 Å². The molecule has 0 amide bonds. The van der Waals surface area contributed by atoms with E-state index in [1.165, 1.54) is 18.2 Å². The molecule has 0 unspecified atom stereocenters. The highest BCUT2D eigenvalue weighted by molar-refractivity contribution is 6.30. The molecule has 0 aliphatic heterocycles. The van der Waals surface area contributed by atoms with Crippen LogP contribution in [0.5, 0.6) is 0 Å². The van der Waals surface area contributed by atoms with Gasteiger partial charge in [-0.3, -0.25) is 14.9 Å². The van der Waals surface area contributed by atoms with E-state index in [2.05, 4.69) is 20.8 Å². The number of nitro benzene ring substituents is 1. The average molecular weight is 354 g/mol. The predicted molar refractivity (Wildman–Crippen MR) is 93.0 cm³/mol. The lowest BCUT2D eigenvalue weighted by Gasteiger charge is -2.36. The summed E-state index contributed by atoms with van der Waals surface area (Å²) in [6.07, 6.45) is 2.81. The van der Waals surface area contributed by atoms with Crippen molar-refractivity contribution in [2.45, 2.75) is 52.6 Å². The molecule has 1 aromatic rings. The number of rotatable bonds is 5. The first-order chi connectivity index (χ1) is 11.3. The number of nitro groups is 1. The standard InChI is InChI=1S/C18H24ClNO4/c1-11(2)15-6-4-12(3)8-17(15)24-18(21)10-13-9-14(19)5-7-16(13)20(22)23/h5,7,9,11-12,15,17H,4,6,8,10H2,1-3H3/t12-,15+,17-/m1/s1. The van der Waals surface area contributed by atoms with Gasteiger partial charge in [-0.25, -0.2) is 0 Å². The molecule has 2 rings (SSSR count). The van der Waals surface area contributed by atoms with Crippen LogP contribution in [0.25, 0.3) is 0 Å². The summed E-state index contributed by atoms with van der Waals surface area (Å²) < 4.78 is 5.71. The fraction of sp³-hybridized carbons (Fsp3) is 0.611. The second kappa shape index (κ2) is 7.97. The third-order valence-electron chi connectivity index (χ3n) is 4.82. The number of hydrogen-bond acceptors (Lipinski definition) is 4. The van der Waals surface area contributed by atoms with Crippen molar-refractivity contribution >= 4 is 23.3 Å². The number of carbonyl (C=O) groups excluding carboxylic acids is 1. The lowest BCUT2D eigenvalue weighted by atomic mass is 9.75. The SMILES string of the molecule is CC(C)[C@@H]1CC[C@@H](C)C[C@H]1OC(=O)Cc1cc(Cl)ccc1[N+](=O)[O-]. The summed E-state index contributed by atoms with van der Waals surface area (Å²) >= 11 is 5.91. The second-order valence-corrected chi connectivity index (χ2v) is 7.50. The maximum absolute atomic E-state index is 12.4. The second-order valence-electron chi connectivity index (χ2n) is 7.06. The van der Waals surface area contributed by atoms with E-state index in [4.69, 9.17) is 16.3 Å². The molecule has 0 bridgehead atoms. The summed E-state index contributed by atoms with van der Waals surface area (Å²) in [4.78, 5) is 23.0. The van der Waals surface area contributed by atoms with Crippen molar-refractivity contribution in [3.8, 4) is 0 Å². The molecule has 0 aromatic heterocycles. The monoisotopic (exact) mass is 353 g/mol. The fourth-order valence-corrected chi connectivity index (χ4v) is 3.68. The van der Waals surface area contributed by atoms with E-state index >= 15 is 0 Å². The Kier molecular flexibility index (Phi) is 6.21. The van der Waals surface area contributed by atoms with Crippen molar-refractivity contribution in [3.05, 3.63) is 38.9 Å². The van der Waals surface area contributed by atoms with Crippen LogP contribution >= 0.6 is 11.6 Å². The summed E-state index contributed by atoms with van der Waals surface area (Å²) in [5.74, 6) is 0.888. The van der Waals surface area contributed by atoms with Gasteiger partial charge in [0.1, 0.15) is 6.10 Å². The summed E-state index contributed by atoms with van der Waals surface area (Å²) in [7, 11) is 0. The number of hydrogen-bond donors (Lipinski definition) is 0. The average Bonchev–Trinajstić information content (AvgIpc) is 2.46. The maximum atomic E-state index is 12.4. The van der Waals surface area contributed by atoms with E-state index in [9.17, 15) is 14.9 Å². The Balaban J connectivity index is 2.09. The van der Waals surface area contributed by atoms with Crippen molar-refractivity contribution in [1.82, 2.24) is 0 Å². The van der Waals surface area contributed by atoms with E-state index in [1.54, 1.807) is 0 Å². The van der Waals surface area contributed by atoms with Crippen molar-refractivity contribution in [1.29, 1.82) is 0 Å². The molecule has 0 radical (unpaired) electrons. The van der Waals surface area contributed by atoms with Crippen LogP contribution < -0.4 is 0 Å². The number of ether oxygens (including phenoxy) is 1. The number of halogens is 1. The number of carbonyl (C=O) groups is 1. The quantitative estimate of drug-likeness (QED) is 0.433. The third-order valence-corrected chi connectivity index (χ3v) is 5.05. The van der Waals surface area contributed by atoms with E-state index in [0.29, 0.717) is 28.3 Å². The largest absolute Gasteiger partial charge is 0.462 e. The van der Waals surface area contributed by atoms with Crippen LogP contribution in [0, 0.1) is 27.9 Å². The molecule has 1 aliphatic rings. The van der Waals surface area contributed by atoms with E-state index in [0.717, 1.165) is 19.3 Å². The molecular formula is C18H24ClNO4. The molecule has 5 nitrogen and oxygen atoms in total. The van der Waals surface area contributed by atoms with Crippen LogP contribution in [-0.2, 0) is 16.0 Å². The van der Waals surface area contributed by atoms with E-state index < -0.39 is 10.9 Å². The Hall–Kier alpha value is -1.62. The minimum absolute atomic E-state index is 0.103. The molecule has 1 aromatic carbocycles. The molecule has 3 atom stereocenters. The van der Waals surface area contributed by atoms with Crippen molar-refractivity contribution < 1.29 is 14.5 Å². The van der Waals surface area contributed by atoms with Crippen LogP contribution in [0.15, 0.2) is 18.2 Å². The van der Waals surface area contributed by atoms with Gasteiger partial charge >= 0.3 is 5.97 Å². The van der Waals surface area contributed by atoms with Gasteiger partial charge in [0.15, 0.2) is 0 Å². The Bertz CT molecular complexity index is 617. The molecule has 6 heteroatoms. The summed E-state index contributed by atoms with van der Waals surface area (Å²) in [5.41, 5.74) is 0.191. The van der Waals surface area contributed by atoms with Crippen LogP contribution in [0.2, 0.25) is 5.02 Å². The van der Waals surface area contributed by atoms with Gasteiger partial charge in [-0.05, 0) is 42.7 Å². The van der Waals surface area contributed by atoms with Gasteiger partial charge in [-0.15, -0.1) is 0 Å². The van der Waals surface area contributed by atoms with Crippen molar-refractivity contribution in [3.63, 3.8) is 0 Å². The molecular weight excluding hydrogens is 330 g/mol. The molecule has 1 aliphatic carbocycles. The molecule has 1 saturated carbocycles. The molecule has 0 spiro atoms. The Labute approximate surface area is 147 Å². The first-order valence-corrected chi connectivity index (χ1v) is 8.78. The van der Waals surface area contributed by atoms with Crippen LogP contribution in [0.4, 0.5) is 5.69 Å². The first-order valence-electron chi connectivity index (χ1n) is 8.40. The zero-order valence-electron chi connectivity index (χ0n) is 14.3. The number of benzene rings is 1. The molecule has 1 fully saturated rings. The number of nitrogens with zero attached hydrogens (tertiary/aromatic N) is 1. The van der Waals surface area contributed by atoms with E-state index in [1.807, 2.05) is 0 Å². The molecule has 24 heavy (non-hydrogen) atoms. The van der Waals surface area contributed by atoms with Crippen LogP contribution in [0.1, 0.15) is 45.6 Å². The minimum atomic E-state index is -0.501. The molecule has 0 saturated heterocycles. The number of esters is 1. The van der Waals surface area contributed by atoms with Gasteiger partial charge in [0.25, 0.3) is 5.69 Å². The van der Waals surface area contributed by atoms with Crippen molar-refractivity contribution in [2.75, 3.05) is 0 Å². The highest BCUT2D eigenvalue weighted by Gasteiger charge is 2.33. The summed E-state index contributed by atoms with van der Waals surface area (Å²) in [6.45, 7) is 6.45.